The maximum absolute atomic E-state index is 11.6. The molecule has 2 aromatic rings. The Morgan fingerprint density at radius 3 is 2.18 bits per heavy atom. The van der Waals surface area contributed by atoms with Crippen LogP contribution in [-0.2, 0) is 0 Å². The minimum atomic E-state index is 0.135. The molecule has 3 heteroatoms. The number of hydrogen-bond donors (Lipinski definition) is 0. The Labute approximate surface area is 168 Å². The van der Waals surface area contributed by atoms with Crippen molar-refractivity contribution in [1.29, 1.82) is 0 Å². The predicted octanol–water partition coefficient (Wildman–Crippen LogP) is 5.28. The number of ketones is 1. The number of rotatable bonds is 3. The van der Waals surface area contributed by atoms with E-state index in [1.165, 1.54) is 82.2 Å². The molecular weight excluding hydrogens is 344 g/mol. The van der Waals surface area contributed by atoms with Gasteiger partial charge in [0, 0.05) is 30.4 Å². The number of carbonyl (C=O) groups is 1. The van der Waals surface area contributed by atoms with Gasteiger partial charge in [0.1, 0.15) is 0 Å². The topological polar surface area (TPSA) is 23.6 Å². The molecule has 3 aliphatic rings. The Kier molecular flexibility index (Phi) is 4.66. The summed E-state index contributed by atoms with van der Waals surface area (Å²) in [6.07, 6.45) is 9.82. The van der Waals surface area contributed by atoms with Gasteiger partial charge in [0.25, 0.3) is 0 Å². The van der Waals surface area contributed by atoms with Gasteiger partial charge in [0.05, 0.1) is 0 Å². The van der Waals surface area contributed by atoms with E-state index in [1.807, 2.05) is 12.1 Å². The highest BCUT2D eigenvalue weighted by Crippen LogP contribution is 2.43. The fraction of sp³-hybridized carbons (Fsp3) is 0.560. The van der Waals surface area contributed by atoms with Crippen LogP contribution in [0.5, 0.6) is 0 Å². The molecule has 3 nitrogen and oxygen atoms in total. The molecule has 1 aliphatic carbocycles. The molecule has 0 bridgehead atoms. The minimum Gasteiger partial charge on any atom is -0.371 e. The molecule has 0 N–H and O–H groups in total. The molecule has 1 spiro atoms. The molecule has 1 saturated carbocycles. The number of Topliss-reactive ketones (excluding diaryl/α,β-unsaturated/α-hetero) is 1. The van der Waals surface area contributed by atoms with Crippen molar-refractivity contribution in [3.8, 4) is 0 Å². The lowest BCUT2D eigenvalue weighted by Crippen LogP contribution is -2.50. The number of carbonyl (C=O) groups excluding carboxylic acids is 1. The van der Waals surface area contributed by atoms with Crippen LogP contribution in [0.3, 0.4) is 0 Å². The third-order valence-corrected chi connectivity index (χ3v) is 7.87. The Bertz CT molecular complexity index is 867. The number of likely N-dealkylation sites (tertiary alicyclic amines) is 1. The Hall–Kier alpha value is -1.87. The lowest BCUT2D eigenvalue weighted by atomic mass is 9.70. The Balaban J connectivity index is 1.24. The van der Waals surface area contributed by atoms with Gasteiger partial charge in [-0.15, -0.1) is 0 Å². The van der Waals surface area contributed by atoms with Crippen LogP contribution in [0.15, 0.2) is 36.4 Å². The van der Waals surface area contributed by atoms with Crippen LogP contribution in [0, 0.1) is 5.41 Å². The Morgan fingerprint density at radius 1 is 0.893 bits per heavy atom. The lowest BCUT2D eigenvalue weighted by molar-refractivity contribution is 0.0306. The van der Waals surface area contributed by atoms with E-state index in [2.05, 4.69) is 34.1 Å². The van der Waals surface area contributed by atoms with E-state index in [-0.39, 0.29) is 5.78 Å². The summed E-state index contributed by atoms with van der Waals surface area (Å²) in [7, 11) is 0. The molecular formula is C25H32N2O. The summed E-state index contributed by atoms with van der Waals surface area (Å²) < 4.78 is 0. The van der Waals surface area contributed by atoms with E-state index < -0.39 is 0 Å². The Morgan fingerprint density at radius 2 is 1.54 bits per heavy atom. The van der Waals surface area contributed by atoms with Gasteiger partial charge in [0.2, 0.25) is 0 Å². The van der Waals surface area contributed by atoms with Gasteiger partial charge in [0.15, 0.2) is 5.78 Å². The second-order valence-corrected chi connectivity index (χ2v) is 9.41. The molecule has 0 unspecified atom stereocenters. The van der Waals surface area contributed by atoms with Crippen molar-refractivity contribution in [2.75, 3.05) is 31.1 Å². The van der Waals surface area contributed by atoms with E-state index >= 15 is 0 Å². The zero-order valence-corrected chi connectivity index (χ0v) is 17.1. The van der Waals surface area contributed by atoms with Crippen molar-refractivity contribution in [2.24, 2.45) is 5.41 Å². The van der Waals surface area contributed by atoms with Crippen molar-refractivity contribution in [1.82, 2.24) is 4.90 Å². The van der Waals surface area contributed by atoms with Gasteiger partial charge in [-0.1, -0.05) is 24.6 Å². The maximum atomic E-state index is 11.6. The molecule has 2 aliphatic heterocycles. The molecule has 0 aromatic heterocycles. The van der Waals surface area contributed by atoms with E-state index in [1.54, 1.807) is 6.92 Å². The monoisotopic (exact) mass is 376 g/mol. The highest BCUT2D eigenvalue weighted by molar-refractivity contribution is 5.99. The quantitative estimate of drug-likeness (QED) is 0.681. The van der Waals surface area contributed by atoms with Gasteiger partial charge in [-0.25, -0.2) is 0 Å². The summed E-state index contributed by atoms with van der Waals surface area (Å²) in [5.41, 5.74) is 2.74. The molecule has 28 heavy (non-hydrogen) atoms. The van der Waals surface area contributed by atoms with Crippen molar-refractivity contribution in [3.05, 3.63) is 42.0 Å². The van der Waals surface area contributed by atoms with Crippen LogP contribution < -0.4 is 4.90 Å². The largest absolute Gasteiger partial charge is 0.371 e. The van der Waals surface area contributed by atoms with Gasteiger partial charge in [-0.2, -0.15) is 0 Å². The first kappa shape index (κ1) is 18.2. The fourth-order valence-electron chi connectivity index (χ4n) is 5.50. The van der Waals surface area contributed by atoms with Crippen molar-refractivity contribution in [2.45, 2.75) is 57.9 Å². The third kappa shape index (κ3) is 3.34. The SMILES string of the molecule is CC(=O)c1ccc2cc(N3CCC4(CC3)CCN(C3CCC3)CC4)ccc2c1. The average molecular weight is 377 g/mol. The highest BCUT2D eigenvalue weighted by atomic mass is 16.1. The summed E-state index contributed by atoms with van der Waals surface area (Å²) in [5.74, 6) is 0.135. The second kappa shape index (κ2) is 7.18. The summed E-state index contributed by atoms with van der Waals surface area (Å²) in [6, 6.07) is 13.7. The molecule has 3 fully saturated rings. The summed E-state index contributed by atoms with van der Waals surface area (Å²) in [4.78, 5) is 17.0. The predicted molar refractivity (Wildman–Crippen MR) is 116 cm³/mol. The van der Waals surface area contributed by atoms with Crippen molar-refractivity contribution in [3.63, 3.8) is 0 Å². The van der Waals surface area contributed by atoms with Gasteiger partial charge in [-0.05, 0) is 92.9 Å². The van der Waals surface area contributed by atoms with Gasteiger partial charge >= 0.3 is 0 Å². The fourth-order valence-corrected chi connectivity index (χ4v) is 5.50. The molecule has 0 amide bonds. The second-order valence-electron chi connectivity index (χ2n) is 9.41. The van der Waals surface area contributed by atoms with Crippen LogP contribution in [0.1, 0.15) is 62.2 Å². The van der Waals surface area contributed by atoms with Crippen LogP contribution >= 0.6 is 0 Å². The molecule has 2 saturated heterocycles. The average Bonchev–Trinajstić information content (AvgIpc) is 2.68. The summed E-state index contributed by atoms with van der Waals surface area (Å²) >= 11 is 0. The number of nitrogens with zero attached hydrogens (tertiary/aromatic N) is 2. The van der Waals surface area contributed by atoms with Crippen LogP contribution in [0.25, 0.3) is 10.8 Å². The maximum Gasteiger partial charge on any atom is 0.159 e. The van der Waals surface area contributed by atoms with E-state index in [0.717, 1.165) is 17.0 Å². The van der Waals surface area contributed by atoms with E-state index in [9.17, 15) is 4.79 Å². The molecule has 0 radical (unpaired) electrons. The number of hydrogen-bond acceptors (Lipinski definition) is 3. The number of anilines is 1. The number of fused-ring (bicyclic) bond motifs is 1. The number of benzene rings is 2. The van der Waals surface area contributed by atoms with Gasteiger partial charge in [-0.3, -0.25) is 4.79 Å². The standard InChI is InChI=1S/C25H32N2O/c1-19(28)20-5-6-22-18-24(8-7-21(22)17-20)27-15-11-25(12-16-27)9-13-26(14-10-25)23-3-2-4-23/h5-8,17-18,23H,2-4,9-16H2,1H3. The summed E-state index contributed by atoms with van der Waals surface area (Å²) in [5, 5.41) is 2.39. The van der Waals surface area contributed by atoms with Crippen LogP contribution in [0.2, 0.25) is 0 Å². The molecule has 2 heterocycles. The van der Waals surface area contributed by atoms with E-state index in [4.69, 9.17) is 0 Å². The lowest BCUT2D eigenvalue weighted by Gasteiger charge is -2.50. The zero-order chi connectivity index (χ0) is 19.1. The molecule has 2 aromatic carbocycles. The molecule has 0 atom stereocenters. The first-order valence-corrected chi connectivity index (χ1v) is 11.2. The highest BCUT2D eigenvalue weighted by Gasteiger charge is 2.39. The molecule has 5 rings (SSSR count). The number of piperidine rings is 2. The van der Waals surface area contributed by atoms with Crippen LogP contribution in [-0.4, -0.2) is 42.9 Å². The van der Waals surface area contributed by atoms with E-state index in [0.29, 0.717) is 5.41 Å². The van der Waals surface area contributed by atoms with Gasteiger partial charge < -0.3 is 9.80 Å². The van der Waals surface area contributed by atoms with Crippen molar-refractivity contribution < 1.29 is 4.79 Å². The normalized spacial score (nSPS) is 23.1. The first-order chi connectivity index (χ1) is 13.6. The first-order valence-electron chi connectivity index (χ1n) is 11.2. The third-order valence-electron chi connectivity index (χ3n) is 7.87. The molecule has 148 valence electrons. The van der Waals surface area contributed by atoms with Crippen molar-refractivity contribution >= 4 is 22.2 Å². The zero-order valence-electron chi connectivity index (χ0n) is 17.1. The minimum absolute atomic E-state index is 0.135. The summed E-state index contributed by atoms with van der Waals surface area (Å²) in [6.45, 7) is 6.66. The van der Waals surface area contributed by atoms with Crippen LogP contribution in [0.4, 0.5) is 5.69 Å². The smallest absolute Gasteiger partial charge is 0.159 e.